The normalized spacial score (nSPS) is 12.8. The van der Waals surface area contributed by atoms with Gasteiger partial charge in [-0.25, -0.2) is 0 Å². The summed E-state index contributed by atoms with van der Waals surface area (Å²) in [5, 5.41) is 2.67. The van der Waals surface area contributed by atoms with Crippen LogP contribution in [0.4, 0.5) is 5.69 Å². The number of hydrogen-bond donors (Lipinski definition) is 1. The van der Waals surface area contributed by atoms with E-state index in [9.17, 15) is 9.59 Å². The zero-order valence-corrected chi connectivity index (χ0v) is 7.70. The number of carbonyl (C=O) groups excluding carboxylic acids is 2. The van der Waals surface area contributed by atoms with E-state index in [0.717, 1.165) is 11.3 Å². The van der Waals surface area contributed by atoms with Gasteiger partial charge in [0.1, 0.15) is 0 Å². The van der Waals surface area contributed by atoms with Crippen molar-refractivity contribution in [2.24, 2.45) is 0 Å². The molecule has 1 aromatic rings. The maximum atomic E-state index is 11.2. The summed E-state index contributed by atoms with van der Waals surface area (Å²) in [5.41, 5.74) is 2.27. The van der Waals surface area contributed by atoms with E-state index in [0.29, 0.717) is 5.56 Å². The van der Waals surface area contributed by atoms with Gasteiger partial charge in [-0.3, -0.25) is 9.59 Å². The number of rotatable bonds is 1. The molecule has 0 aliphatic heterocycles. The lowest BCUT2D eigenvalue weighted by Crippen LogP contribution is -2.06. The maximum Gasteiger partial charge on any atom is 0.221 e. The highest BCUT2D eigenvalue weighted by Crippen LogP contribution is 2.22. The number of carbonyl (C=O) groups is 2. The van der Waals surface area contributed by atoms with Crippen LogP contribution in [0.15, 0.2) is 24.3 Å². The lowest BCUT2D eigenvalue weighted by Gasteiger charge is -2.03. The molecule has 3 heteroatoms. The molecule has 1 aliphatic carbocycles. The minimum Gasteiger partial charge on any atom is -0.326 e. The smallest absolute Gasteiger partial charge is 0.221 e. The van der Waals surface area contributed by atoms with Crippen molar-refractivity contribution in [1.82, 2.24) is 0 Å². The molecule has 0 atom stereocenters. The molecule has 3 nitrogen and oxygen atoms in total. The monoisotopic (exact) mass is 187 g/mol. The third-order valence-electron chi connectivity index (χ3n) is 2.05. The Morgan fingerprint density at radius 1 is 1.29 bits per heavy atom. The van der Waals surface area contributed by atoms with Crippen molar-refractivity contribution in [1.29, 1.82) is 0 Å². The molecule has 0 saturated carbocycles. The Bertz CT molecular complexity index is 447. The lowest BCUT2D eigenvalue weighted by molar-refractivity contribution is -0.114. The molecule has 0 unspecified atom stereocenters. The molecule has 0 fully saturated rings. The van der Waals surface area contributed by atoms with Gasteiger partial charge in [-0.2, -0.15) is 0 Å². The van der Waals surface area contributed by atoms with Gasteiger partial charge in [0.25, 0.3) is 0 Å². The molecular weight excluding hydrogens is 178 g/mol. The van der Waals surface area contributed by atoms with Crippen LogP contribution in [-0.2, 0) is 4.79 Å². The Hall–Kier alpha value is -1.90. The van der Waals surface area contributed by atoms with Gasteiger partial charge in [-0.15, -0.1) is 0 Å². The van der Waals surface area contributed by atoms with Crippen LogP contribution in [0.2, 0.25) is 0 Å². The summed E-state index contributed by atoms with van der Waals surface area (Å²) in [6, 6.07) is 5.24. The molecule has 2 rings (SSSR count). The number of benzene rings is 1. The van der Waals surface area contributed by atoms with E-state index in [1.807, 2.05) is 0 Å². The summed E-state index contributed by atoms with van der Waals surface area (Å²) in [6.45, 7) is 1.45. The average Bonchev–Trinajstić information content (AvgIpc) is 2.46. The van der Waals surface area contributed by atoms with Gasteiger partial charge in [0.2, 0.25) is 5.91 Å². The first-order chi connectivity index (χ1) is 6.66. The molecule has 0 heterocycles. The number of allylic oxidation sites excluding steroid dienone is 1. The fourth-order valence-electron chi connectivity index (χ4n) is 1.46. The molecule has 1 N–H and O–H groups in total. The van der Waals surface area contributed by atoms with Crippen molar-refractivity contribution in [3.63, 3.8) is 0 Å². The van der Waals surface area contributed by atoms with E-state index in [1.165, 1.54) is 13.0 Å². The lowest BCUT2D eigenvalue weighted by atomic mass is 10.1. The summed E-state index contributed by atoms with van der Waals surface area (Å²) in [7, 11) is 0. The van der Waals surface area contributed by atoms with Crippen molar-refractivity contribution in [2.45, 2.75) is 6.92 Å². The fraction of sp³-hybridized carbons (Fsp3) is 0.0909. The van der Waals surface area contributed by atoms with Crippen molar-refractivity contribution in [3.05, 3.63) is 35.4 Å². The zero-order chi connectivity index (χ0) is 10.1. The summed E-state index contributed by atoms with van der Waals surface area (Å²) >= 11 is 0. The molecule has 0 bridgehead atoms. The number of ketones is 1. The molecule has 0 aromatic heterocycles. The first-order valence-electron chi connectivity index (χ1n) is 4.31. The molecule has 1 aliphatic rings. The molecule has 0 radical (unpaired) electrons. The van der Waals surface area contributed by atoms with E-state index >= 15 is 0 Å². The largest absolute Gasteiger partial charge is 0.326 e. The van der Waals surface area contributed by atoms with Gasteiger partial charge in [-0.05, 0) is 29.8 Å². The second kappa shape index (κ2) is 3.10. The van der Waals surface area contributed by atoms with Crippen molar-refractivity contribution >= 4 is 23.5 Å². The average molecular weight is 187 g/mol. The topological polar surface area (TPSA) is 46.2 Å². The molecule has 14 heavy (non-hydrogen) atoms. The standard InChI is InChI=1S/C11H9NO2/c1-7(13)12-9-3-4-10-8(6-9)2-5-11(10)14/h2-6H,1H3,(H,12,13). The second-order valence-corrected chi connectivity index (χ2v) is 3.18. The van der Waals surface area contributed by atoms with E-state index in [4.69, 9.17) is 0 Å². The van der Waals surface area contributed by atoms with Gasteiger partial charge >= 0.3 is 0 Å². The third kappa shape index (κ3) is 1.44. The van der Waals surface area contributed by atoms with Crippen LogP contribution in [0.1, 0.15) is 22.8 Å². The Kier molecular flexibility index (Phi) is 1.93. The van der Waals surface area contributed by atoms with E-state index in [1.54, 1.807) is 24.3 Å². The van der Waals surface area contributed by atoms with Crippen molar-refractivity contribution in [3.8, 4) is 0 Å². The number of anilines is 1. The highest BCUT2D eigenvalue weighted by atomic mass is 16.1. The Morgan fingerprint density at radius 3 is 2.79 bits per heavy atom. The van der Waals surface area contributed by atoms with E-state index in [-0.39, 0.29) is 11.7 Å². The Morgan fingerprint density at radius 2 is 2.07 bits per heavy atom. The molecule has 1 amide bonds. The summed E-state index contributed by atoms with van der Waals surface area (Å²) in [6.07, 6.45) is 3.28. The van der Waals surface area contributed by atoms with Crippen LogP contribution < -0.4 is 5.32 Å². The highest BCUT2D eigenvalue weighted by molar-refractivity contribution is 6.14. The molecule has 1 aromatic carbocycles. The quantitative estimate of drug-likeness (QED) is 0.729. The molecule has 0 spiro atoms. The van der Waals surface area contributed by atoms with Crippen molar-refractivity contribution < 1.29 is 9.59 Å². The van der Waals surface area contributed by atoms with Crippen LogP contribution in [-0.4, -0.2) is 11.7 Å². The first-order valence-corrected chi connectivity index (χ1v) is 4.31. The van der Waals surface area contributed by atoms with Crippen LogP contribution in [0.5, 0.6) is 0 Å². The van der Waals surface area contributed by atoms with Gasteiger partial charge in [-0.1, -0.05) is 6.08 Å². The van der Waals surface area contributed by atoms with Crippen molar-refractivity contribution in [2.75, 3.05) is 5.32 Å². The number of hydrogen-bond acceptors (Lipinski definition) is 2. The summed E-state index contributed by atoms with van der Waals surface area (Å²) in [4.78, 5) is 22.0. The Balaban J connectivity index is 2.37. The van der Waals surface area contributed by atoms with Gasteiger partial charge < -0.3 is 5.32 Å². The van der Waals surface area contributed by atoms with Gasteiger partial charge in [0, 0.05) is 18.2 Å². The predicted molar refractivity (Wildman–Crippen MR) is 54.1 cm³/mol. The Labute approximate surface area is 81.4 Å². The zero-order valence-electron chi connectivity index (χ0n) is 7.70. The van der Waals surface area contributed by atoms with Crippen LogP contribution >= 0.6 is 0 Å². The van der Waals surface area contributed by atoms with Crippen LogP contribution in [0.3, 0.4) is 0 Å². The number of amides is 1. The van der Waals surface area contributed by atoms with Crippen LogP contribution in [0, 0.1) is 0 Å². The number of fused-ring (bicyclic) bond motifs is 1. The molecular formula is C11H9NO2. The predicted octanol–water partition coefficient (Wildman–Crippen LogP) is 1.85. The SMILES string of the molecule is CC(=O)Nc1ccc2c(c1)C=CC2=O. The first kappa shape index (κ1) is 8.69. The molecule has 0 saturated heterocycles. The van der Waals surface area contributed by atoms with Gasteiger partial charge in [0.05, 0.1) is 0 Å². The van der Waals surface area contributed by atoms with E-state index < -0.39 is 0 Å². The highest BCUT2D eigenvalue weighted by Gasteiger charge is 2.13. The third-order valence-corrected chi connectivity index (χ3v) is 2.05. The van der Waals surface area contributed by atoms with Crippen LogP contribution in [0.25, 0.3) is 6.08 Å². The number of nitrogens with one attached hydrogen (secondary N) is 1. The minimum absolute atomic E-state index is 0.0226. The maximum absolute atomic E-state index is 11.2. The summed E-state index contributed by atoms with van der Waals surface area (Å²) in [5.74, 6) is -0.0902. The second-order valence-electron chi connectivity index (χ2n) is 3.18. The molecule has 70 valence electrons. The summed E-state index contributed by atoms with van der Waals surface area (Å²) < 4.78 is 0. The minimum atomic E-state index is -0.113. The van der Waals surface area contributed by atoms with Gasteiger partial charge in [0.15, 0.2) is 5.78 Å². The van der Waals surface area contributed by atoms with E-state index in [2.05, 4.69) is 5.32 Å². The fourth-order valence-corrected chi connectivity index (χ4v) is 1.46.